The second kappa shape index (κ2) is 5.86. The van der Waals surface area contributed by atoms with Crippen LogP contribution in [0, 0.1) is 4.91 Å². The van der Waals surface area contributed by atoms with Gasteiger partial charge in [-0.2, -0.15) is 0 Å². The zero-order chi connectivity index (χ0) is 16.5. The van der Waals surface area contributed by atoms with E-state index in [1.807, 2.05) is 41.1 Å². The van der Waals surface area contributed by atoms with E-state index in [4.69, 9.17) is 11.6 Å². The SMILES string of the molecule is O=Nc1cccc(-c2ccc3ccn(-c4cc(Cl)ncn4)c3c2)c1. The van der Waals surface area contributed by atoms with E-state index in [0.29, 0.717) is 16.7 Å². The molecule has 2 aromatic heterocycles. The minimum atomic E-state index is 0.391. The summed E-state index contributed by atoms with van der Waals surface area (Å²) >= 11 is 5.97. The van der Waals surface area contributed by atoms with E-state index >= 15 is 0 Å². The smallest absolute Gasteiger partial charge is 0.142 e. The summed E-state index contributed by atoms with van der Waals surface area (Å²) < 4.78 is 1.95. The summed E-state index contributed by atoms with van der Waals surface area (Å²) in [6.45, 7) is 0. The molecule has 4 aromatic rings. The number of hydrogen-bond acceptors (Lipinski definition) is 4. The van der Waals surface area contributed by atoms with Crippen LogP contribution in [0.25, 0.3) is 27.8 Å². The lowest BCUT2D eigenvalue weighted by Crippen LogP contribution is -1.96. The summed E-state index contributed by atoms with van der Waals surface area (Å²) in [5.74, 6) is 0.699. The quantitative estimate of drug-likeness (QED) is 0.385. The highest BCUT2D eigenvalue weighted by Gasteiger charge is 2.08. The maximum absolute atomic E-state index is 10.8. The number of hydrogen-bond donors (Lipinski definition) is 0. The number of benzene rings is 2. The van der Waals surface area contributed by atoms with E-state index in [1.165, 1.54) is 6.33 Å². The largest absolute Gasteiger partial charge is 0.301 e. The van der Waals surface area contributed by atoms with Crippen LogP contribution in [0.1, 0.15) is 0 Å². The van der Waals surface area contributed by atoms with Crippen molar-refractivity contribution in [3.8, 4) is 16.9 Å². The lowest BCUT2D eigenvalue weighted by molar-refractivity contribution is 1.01. The lowest BCUT2D eigenvalue weighted by atomic mass is 10.0. The van der Waals surface area contributed by atoms with Gasteiger partial charge in [0.2, 0.25) is 0 Å². The number of rotatable bonds is 3. The van der Waals surface area contributed by atoms with Crippen molar-refractivity contribution in [1.82, 2.24) is 14.5 Å². The van der Waals surface area contributed by atoms with Crippen LogP contribution in [0.3, 0.4) is 0 Å². The molecule has 2 heterocycles. The van der Waals surface area contributed by atoms with E-state index < -0.39 is 0 Å². The normalized spacial score (nSPS) is 10.9. The van der Waals surface area contributed by atoms with Crippen molar-refractivity contribution < 1.29 is 0 Å². The van der Waals surface area contributed by atoms with Gasteiger partial charge in [0.1, 0.15) is 23.0 Å². The molecule has 5 nitrogen and oxygen atoms in total. The van der Waals surface area contributed by atoms with Gasteiger partial charge in [0.25, 0.3) is 0 Å². The first-order chi connectivity index (χ1) is 11.7. The molecule has 2 aromatic carbocycles. The molecule has 6 heteroatoms. The Bertz CT molecular complexity index is 1060. The number of nitrogens with zero attached hydrogens (tertiary/aromatic N) is 4. The van der Waals surface area contributed by atoms with E-state index in [9.17, 15) is 4.91 Å². The highest BCUT2D eigenvalue weighted by atomic mass is 35.5. The molecule has 0 bridgehead atoms. The van der Waals surface area contributed by atoms with E-state index in [1.54, 1.807) is 18.2 Å². The molecule has 0 aliphatic heterocycles. The van der Waals surface area contributed by atoms with Gasteiger partial charge in [-0.3, -0.25) is 0 Å². The van der Waals surface area contributed by atoms with Gasteiger partial charge in [-0.05, 0) is 40.6 Å². The predicted octanol–water partition coefficient (Wildman–Crippen LogP) is 5.14. The van der Waals surface area contributed by atoms with E-state index in [0.717, 1.165) is 22.0 Å². The molecule has 0 atom stereocenters. The summed E-state index contributed by atoms with van der Waals surface area (Å²) in [7, 11) is 0. The lowest BCUT2D eigenvalue weighted by Gasteiger charge is -2.07. The molecule has 116 valence electrons. The van der Waals surface area contributed by atoms with Crippen molar-refractivity contribution in [2.45, 2.75) is 0 Å². The fraction of sp³-hybridized carbons (Fsp3) is 0. The van der Waals surface area contributed by atoms with Crippen molar-refractivity contribution in [2.75, 3.05) is 0 Å². The Morgan fingerprint density at radius 3 is 2.67 bits per heavy atom. The average Bonchev–Trinajstić information content (AvgIpc) is 3.05. The summed E-state index contributed by atoms with van der Waals surface area (Å²) in [5.41, 5.74) is 3.33. The molecule has 0 saturated heterocycles. The van der Waals surface area contributed by atoms with Crippen LogP contribution in [0.4, 0.5) is 5.69 Å². The van der Waals surface area contributed by atoms with Crippen LogP contribution >= 0.6 is 11.6 Å². The molecule has 0 aliphatic rings. The second-order valence-electron chi connectivity index (χ2n) is 5.30. The molecule has 0 spiro atoms. The Hall–Kier alpha value is -3.05. The molecular formula is C18H11ClN4O. The van der Waals surface area contributed by atoms with Crippen molar-refractivity contribution in [3.63, 3.8) is 0 Å². The van der Waals surface area contributed by atoms with Gasteiger partial charge >= 0.3 is 0 Å². The van der Waals surface area contributed by atoms with E-state index in [2.05, 4.69) is 21.2 Å². The van der Waals surface area contributed by atoms with Crippen LogP contribution in [-0.2, 0) is 0 Å². The van der Waals surface area contributed by atoms with Crippen molar-refractivity contribution in [3.05, 3.63) is 77.2 Å². The minimum absolute atomic E-state index is 0.391. The van der Waals surface area contributed by atoms with Crippen molar-refractivity contribution in [2.24, 2.45) is 5.18 Å². The molecule has 0 unspecified atom stereocenters. The third-order valence-electron chi connectivity index (χ3n) is 3.84. The number of nitroso groups, excluding NO2 is 1. The minimum Gasteiger partial charge on any atom is -0.301 e. The van der Waals surface area contributed by atoms with Gasteiger partial charge in [0.15, 0.2) is 0 Å². The summed E-state index contributed by atoms with van der Waals surface area (Å²) in [6.07, 6.45) is 3.38. The van der Waals surface area contributed by atoms with Gasteiger partial charge in [-0.1, -0.05) is 35.9 Å². The van der Waals surface area contributed by atoms with Gasteiger partial charge in [-0.25, -0.2) is 9.97 Å². The highest BCUT2D eigenvalue weighted by Crippen LogP contribution is 2.29. The molecular weight excluding hydrogens is 324 g/mol. The van der Waals surface area contributed by atoms with Gasteiger partial charge in [0.05, 0.1) is 5.52 Å². The summed E-state index contributed by atoms with van der Waals surface area (Å²) in [5, 5.41) is 4.47. The van der Waals surface area contributed by atoms with Crippen LogP contribution in [0.2, 0.25) is 5.15 Å². The molecule has 0 saturated carbocycles. The summed E-state index contributed by atoms with van der Waals surface area (Å²) in [4.78, 5) is 18.9. The fourth-order valence-electron chi connectivity index (χ4n) is 2.71. The predicted molar refractivity (Wildman–Crippen MR) is 94.8 cm³/mol. The maximum atomic E-state index is 10.8. The topological polar surface area (TPSA) is 60.1 Å². The first kappa shape index (κ1) is 14.5. The van der Waals surface area contributed by atoms with E-state index in [-0.39, 0.29) is 0 Å². The summed E-state index contributed by atoms with van der Waals surface area (Å²) in [6, 6.07) is 17.0. The highest BCUT2D eigenvalue weighted by molar-refractivity contribution is 6.29. The molecule has 4 rings (SSSR count). The Morgan fingerprint density at radius 1 is 0.958 bits per heavy atom. The monoisotopic (exact) mass is 334 g/mol. The van der Waals surface area contributed by atoms with Crippen LogP contribution in [-0.4, -0.2) is 14.5 Å². The van der Waals surface area contributed by atoms with Crippen molar-refractivity contribution >= 4 is 28.2 Å². The van der Waals surface area contributed by atoms with Gasteiger partial charge in [-0.15, -0.1) is 4.91 Å². The molecule has 24 heavy (non-hydrogen) atoms. The Kier molecular flexibility index (Phi) is 3.55. The average molecular weight is 335 g/mol. The molecule has 0 amide bonds. The Labute approximate surface area is 142 Å². The van der Waals surface area contributed by atoms with Gasteiger partial charge < -0.3 is 4.57 Å². The Balaban J connectivity index is 1.88. The third-order valence-corrected chi connectivity index (χ3v) is 4.05. The van der Waals surface area contributed by atoms with Crippen LogP contribution < -0.4 is 0 Å². The first-order valence-corrected chi connectivity index (χ1v) is 7.65. The molecule has 0 aliphatic carbocycles. The molecule has 0 radical (unpaired) electrons. The van der Waals surface area contributed by atoms with Crippen molar-refractivity contribution in [1.29, 1.82) is 0 Å². The fourth-order valence-corrected chi connectivity index (χ4v) is 2.85. The standard InChI is InChI=1S/C18H11ClN4O/c19-17-10-18(21-11-20-17)23-7-6-12-4-5-14(9-16(12)23)13-2-1-3-15(8-13)22-24/h1-11H. The zero-order valence-electron chi connectivity index (χ0n) is 12.4. The number of aromatic nitrogens is 3. The number of halogens is 1. The molecule has 0 N–H and O–H groups in total. The molecule has 0 fully saturated rings. The maximum Gasteiger partial charge on any atom is 0.142 e. The second-order valence-corrected chi connectivity index (χ2v) is 5.69. The van der Waals surface area contributed by atoms with Crippen LogP contribution in [0.5, 0.6) is 0 Å². The third kappa shape index (κ3) is 2.55. The number of fused-ring (bicyclic) bond motifs is 1. The Morgan fingerprint density at radius 2 is 1.83 bits per heavy atom. The first-order valence-electron chi connectivity index (χ1n) is 7.27. The van der Waals surface area contributed by atoms with Gasteiger partial charge in [0, 0.05) is 17.6 Å². The van der Waals surface area contributed by atoms with Crippen LogP contribution in [0.15, 0.2) is 72.3 Å². The zero-order valence-corrected chi connectivity index (χ0v) is 13.2.